The van der Waals surface area contributed by atoms with Gasteiger partial charge in [-0.25, -0.2) is 4.98 Å². The molecule has 4 nitrogen and oxygen atoms in total. The highest BCUT2D eigenvalue weighted by Crippen LogP contribution is 2.27. The van der Waals surface area contributed by atoms with Crippen molar-refractivity contribution >= 4 is 11.6 Å². The quantitative estimate of drug-likeness (QED) is 0.803. The normalized spacial score (nSPS) is 10.2. The molecule has 0 bridgehead atoms. The summed E-state index contributed by atoms with van der Waals surface area (Å²) < 4.78 is 5.18. The van der Waals surface area contributed by atoms with E-state index in [1.807, 2.05) is 25.1 Å². The molecule has 16 heavy (non-hydrogen) atoms. The van der Waals surface area contributed by atoms with Crippen molar-refractivity contribution in [1.82, 2.24) is 15.2 Å². The predicted octanol–water partition coefficient (Wildman–Crippen LogP) is 2.51. The number of hydrogen-bond donors (Lipinski definition) is 0. The van der Waals surface area contributed by atoms with Gasteiger partial charge >= 0.3 is 0 Å². The lowest BCUT2D eigenvalue weighted by molar-refractivity contribution is 0.412. The lowest BCUT2D eigenvalue weighted by Gasteiger charge is -2.06. The molecule has 0 atom stereocenters. The maximum absolute atomic E-state index is 5.94. The largest absolute Gasteiger partial charge is 0.496 e. The molecule has 2 aromatic rings. The molecule has 0 aliphatic heterocycles. The van der Waals surface area contributed by atoms with Gasteiger partial charge in [0.05, 0.1) is 7.11 Å². The van der Waals surface area contributed by atoms with Crippen molar-refractivity contribution < 1.29 is 4.74 Å². The third kappa shape index (κ3) is 1.97. The fourth-order valence-corrected chi connectivity index (χ4v) is 1.66. The van der Waals surface area contributed by atoms with Crippen LogP contribution in [0.5, 0.6) is 5.75 Å². The molecule has 2 rings (SSSR count). The molecule has 0 amide bonds. The van der Waals surface area contributed by atoms with Crippen molar-refractivity contribution in [2.75, 3.05) is 7.11 Å². The number of aryl methyl sites for hydroxylation is 1. The van der Waals surface area contributed by atoms with Crippen LogP contribution in [-0.2, 0) is 0 Å². The summed E-state index contributed by atoms with van der Waals surface area (Å²) in [5.41, 5.74) is 2.47. The summed E-state index contributed by atoms with van der Waals surface area (Å²) in [6.07, 6.45) is 1.32. The van der Waals surface area contributed by atoms with E-state index in [0.29, 0.717) is 10.8 Å². The van der Waals surface area contributed by atoms with Crippen LogP contribution in [0.2, 0.25) is 5.15 Å². The van der Waals surface area contributed by atoms with Crippen molar-refractivity contribution in [1.29, 1.82) is 0 Å². The zero-order valence-corrected chi connectivity index (χ0v) is 9.69. The summed E-state index contributed by atoms with van der Waals surface area (Å²) in [6.45, 7) is 1.96. The summed E-state index contributed by atoms with van der Waals surface area (Å²) in [4.78, 5) is 3.89. The molecule has 0 saturated carbocycles. The average Bonchev–Trinajstić information content (AvgIpc) is 2.29. The molecule has 0 saturated heterocycles. The minimum Gasteiger partial charge on any atom is -0.496 e. The van der Waals surface area contributed by atoms with Crippen LogP contribution in [0.4, 0.5) is 0 Å². The van der Waals surface area contributed by atoms with Crippen molar-refractivity contribution in [3.05, 3.63) is 35.2 Å². The van der Waals surface area contributed by atoms with Crippen LogP contribution in [0.15, 0.2) is 24.5 Å². The minimum atomic E-state index is 0.347. The molecule has 1 aromatic carbocycles. The van der Waals surface area contributed by atoms with Gasteiger partial charge in [-0.05, 0) is 30.7 Å². The maximum Gasteiger partial charge on any atom is 0.159 e. The summed E-state index contributed by atoms with van der Waals surface area (Å²) in [5, 5.41) is 8.02. The van der Waals surface area contributed by atoms with E-state index in [1.54, 1.807) is 7.11 Å². The molecule has 0 spiro atoms. The smallest absolute Gasteiger partial charge is 0.159 e. The second-order valence-corrected chi connectivity index (χ2v) is 3.64. The molecule has 5 heteroatoms. The zero-order valence-electron chi connectivity index (χ0n) is 8.94. The van der Waals surface area contributed by atoms with Gasteiger partial charge in [0.1, 0.15) is 17.8 Å². The predicted molar refractivity (Wildman–Crippen MR) is 61.6 cm³/mol. The molecular formula is C11H10ClN3O. The summed E-state index contributed by atoms with van der Waals surface area (Å²) in [5.74, 6) is 0.830. The monoisotopic (exact) mass is 235 g/mol. The fourth-order valence-electron chi connectivity index (χ4n) is 1.47. The van der Waals surface area contributed by atoms with E-state index < -0.39 is 0 Å². The van der Waals surface area contributed by atoms with Crippen LogP contribution in [0.3, 0.4) is 0 Å². The van der Waals surface area contributed by atoms with Gasteiger partial charge < -0.3 is 4.74 Å². The van der Waals surface area contributed by atoms with E-state index in [9.17, 15) is 0 Å². The molecule has 82 valence electrons. The Kier molecular flexibility index (Phi) is 3.01. The van der Waals surface area contributed by atoms with E-state index in [1.165, 1.54) is 6.33 Å². The van der Waals surface area contributed by atoms with Crippen LogP contribution >= 0.6 is 11.6 Å². The van der Waals surface area contributed by atoms with E-state index >= 15 is 0 Å². The van der Waals surface area contributed by atoms with Gasteiger partial charge in [-0.2, -0.15) is 0 Å². The fraction of sp³-hybridized carbons (Fsp3) is 0.182. The van der Waals surface area contributed by atoms with Crippen molar-refractivity contribution in [3.8, 4) is 17.0 Å². The summed E-state index contributed by atoms with van der Waals surface area (Å²) in [7, 11) is 1.64. The molecule has 0 N–H and O–H groups in total. The number of rotatable bonds is 2. The third-order valence-electron chi connectivity index (χ3n) is 2.24. The number of methoxy groups -OCH3 is 1. The first-order chi connectivity index (χ1) is 7.72. The number of benzene rings is 1. The Morgan fingerprint density at radius 1 is 1.31 bits per heavy atom. The first-order valence-electron chi connectivity index (χ1n) is 4.70. The van der Waals surface area contributed by atoms with Gasteiger partial charge in [-0.15, -0.1) is 10.2 Å². The zero-order chi connectivity index (χ0) is 11.5. The average molecular weight is 236 g/mol. The molecule has 0 aliphatic carbocycles. The number of aromatic nitrogens is 3. The van der Waals surface area contributed by atoms with Crippen LogP contribution < -0.4 is 4.74 Å². The van der Waals surface area contributed by atoms with Gasteiger partial charge in [0.2, 0.25) is 0 Å². The van der Waals surface area contributed by atoms with Crippen LogP contribution in [0.1, 0.15) is 5.56 Å². The molecule has 1 heterocycles. The van der Waals surface area contributed by atoms with Gasteiger partial charge in [-0.3, -0.25) is 0 Å². The van der Waals surface area contributed by atoms with Crippen molar-refractivity contribution in [3.63, 3.8) is 0 Å². The van der Waals surface area contributed by atoms with Gasteiger partial charge in [-0.1, -0.05) is 11.6 Å². The van der Waals surface area contributed by atoms with Gasteiger partial charge in [0.15, 0.2) is 5.15 Å². The SMILES string of the molecule is COc1ccc(-c2nncnc2Cl)cc1C. The lowest BCUT2D eigenvalue weighted by atomic mass is 10.1. The Morgan fingerprint density at radius 3 is 2.75 bits per heavy atom. The van der Waals surface area contributed by atoms with Gasteiger partial charge in [0.25, 0.3) is 0 Å². The van der Waals surface area contributed by atoms with E-state index in [4.69, 9.17) is 16.3 Å². The van der Waals surface area contributed by atoms with E-state index in [0.717, 1.165) is 16.9 Å². The maximum atomic E-state index is 5.94. The van der Waals surface area contributed by atoms with Crippen LogP contribution in [0.25, 0.3) is 11.3 Å². The number of hydrogen-bond acceptors (Lipinski definition) is 4. The van der Waals surface area contributed by atoms with Crippen molar-refractivity contribution in [2.45, 2.75) is 6.92 Å². The molecule has 0 fully saturated rings. The first kappa shape index (κ1) is 10.8. The van der Waals surface area contributed by atoms with Crippen LogP contribution in [-0.4, -0.2) is 22.3 Å². The Hall–Kier alpha value is -1.68. The highest BCUT2D eigenvalue weighted by atomic mass is 35.5. The second-order valence-electron chi connectivity index (χ2n) is 3.28. The first-order valence-corrected chi connectivity index (χ1v) is 5.08. The Balaban J connectivity index is 2.50. The standard InChI is InChI=1S/C11H10ClN3O/c1-7-5-8(3-4-9(7)16-2)10-11(12)13-6-14-15-10/h3-6H,1-2H3. The Labute approximate surface area is 98.3 Å². The topological polar surface area (TPSA) is 47.9 Å². The Morgan fingerprint density at radius 2 is 2.12 bits per heavy atom. The Bertz CT molecular complexity index is 516. The number of ether oxygens (including phenoxy) is 1. The molecule has 0 unspecified atom stereocenters. The van der Waals surface area contributed by atoms with E-state index in [-0.39, 0.29) is 0 Å². The van der Waals surface area contributed by atoms with Gasteiger partial charge in [0, 0.05) is 5.56 Å². The number of nitrogens with zero attached hydrogens (tertiary/aromatic N) is 3. The highest BCUT2D eigenvalue weighted by Gasteiger charge is 2.08. The molecule has 0 radical (unpaired) electrons. The third-order valence-corrected chi connectivity index (χ3v) is 2.52. The summed E-state index contributed by atoms with van der Waals surface area (Å²) >= 11 is 5.94. The second kappa shape index (κ2) is 4.45. The van der Waals surface area contributed by atoms with Crippen LogP contribution in [0, 0.1) is 6.92 Å². The number of halogens is 1. The van der Waals surface area contributed by atoms with E-state index in [2.05, 4.69) is 15.2 Å². The minimum absolute atomic E-state index is 0.347. The van der Waals surface area contributed by atoms with Crippen molar-refractivity contribution in [2.24, 2.45) is 0 Å². The molecule has 1 aromatic heterocycles. The molecule has 0 aliphatic rings. The lowest BCUT2D eigenvalue weighted by Crippen LogP contribution is -1.93. The summed E-state index contributed by atoms with van der Waals surface area (Å²) in [6, 6.07) is 5.69. The highest BCUT2D eigenvalue weighted by molar-refractivity contribution is 6.31. The molecular weight excluding hydrogens is 226 g/mol.